The molecule has 1 aliphatic heterocycles. The second-order valence-electron chi connectivity index (χ2n) is 7.99. The first-order valence-electron chi connectivity index (χ1n) is 10.9. The van der Waals surface area contributed by atoms with Crippen molar-refractivity contribution in [1.29, 1.82) is 5.26 Å². The molecule has 3 aromatic rings. The predicted octanol–water partition coefficient (Wildman–Crippen LogP) is 4.24. The normalized spacial score (nSPS) is 14.8. The van der Waals surface area contributed by atoms with Gasteiger partial charge in [-0.05, 0) is 72.5 Å². The van der Waals surface area contributed by atoms with Crippen LogP contribution < -0.4 is 9.47 Å². The zero-order chi connectivity index (χ0) is 24.1. The number of piperidine rings is 1. The second-order valence-corrected chi connectivity index (χ2v) is 9.93. The topological polar surface area (TPSA) is 96.7 Å². The molecule has 0 unspecified atom stereocenters. The van der Waals surface area contributed by atoms with Crippen molar-refractivity contribution in [3.05, 3.63) is 78.4 Å². The Labute approximate surface area is 199 Å². The molecule has 1 aliphatic rings. The van der Waals surface area contributed by atoms with Crippen LogP contribution in [0.25, 0.3) is 11.1 Å². The van der Waals surface area contributed by atoms with Gasteiger partial charge in [0.2, 0.25) is 10.0 Å². The van der Waals surface area contributed by atoms with Crippen molar-refractivity contribution in [3.63, 3.8) is 0 Å². The summed E-state index contributed by atoms with van der Waals surface area (Å²) in [5.74, 6) is 0.314. The van der Waals surface area contributed by atoms with E-state index in [0.29, 0.717) is 29.9 Å². The van der Waals surface area contributed by atoms with Gasteiger partial charge in [0.05, 0.1) is 29.6 Å². The van der Waals surface area contributed by atoms with E-state index in [1.807, 2.05) is 24.3 Å². The third kappa shape index (κ3) is 5.11. The van der Waals surface area contributed by atoms with Crippen LogP contribution in [0.4, 0.5) is 0 Å². The molecule has 0 spiro atoms. The van der Waals surface area contributed by atoms with E-state index in [2.05, 4.69) is 6.07 Å². The summed E-state index contributed by atoms with van der Waals surface area (Å²) in [5.41, 5.74) is 2.50. The summed E-state index contributed by atoms with van der Waals surface area (Å²) in [6.07, 6.45) is 0.801. The van der Waals surface area contributed by atoms with Gasteiger partial charge in [0.25, 0.3) is 0 Å². The first-order chi connectivity index (χ1) is 16.4. The molecule has 4 rings (SSSR count). The lowest BCUT2D eigenvalue weighted by molar-refractivity contribution is -0.140. The molecule has 3 aromatic carbocycles. The van der Waals surface area contributed by atoms with Crippen LogP contribution in [-0.4, -0.2) is 38.9 Å². The Bertz CT molecular complexity index is 1290. The van der Waals surface area contributed by atoms with E-state index in [9.17, 15) is 13.2 Å². The van der Waals surface area contributed by atoms with Crippen LogP contribution in [-0.2, 0) is 14.8 Å². The van der Waals surface area contributed by atoms with Gasteiger partial charge >= 0.3 is 5.97 Å². The van der Waals surface area contributed by atoms with Crippen LogP contribution in [0.2, 0.25) is 0 Å². The van der Waals surface area contributed by atoms with Crippen molar-refractivity contribution in [1.82, 2.24) is 4.31 Å². The zero-order valence-corrected chi connectivity index (χ0v) is 19.5. The van der Waals surface area contributed by atoms with E-state index >= 15 is 0 Å². The quantitative estimate of drug-likeness (QED) is 0.390. The van der Waals surface area contributed by atoms with Crippen molar-refractivity contribution in [2.45, 2.75) is 17.7 Å². The highest BCUT2D eigenvalue weighted by molar-refractivity contribution is 7.89. The van der Waals surface area contributed by atoms with Crippen molar-refractivity contribution >= 4 is 16.0 Å². The van der Waals surface area contributed by atoms with Crippen LogP contribution in [0.3, 0.4) is 0 Å². The van der Waals surface area contributed by atoms with Crippen LogP contribution in [0.1, 0.15) is 18.4 Å². The molecule has 174 valence electrons. The molecule has 0 aromatic heterocycles. The maximum atomic E-state index is 12.9. The summed E-state index contributed by atoms with van der Waals surface area (Å²) in [5, 5.41) is 8.92. The predicted molar refractivity (Wildman–Crippen MR) is 127 cm³/mol. The van der Waals surface area contributed by atoms with Gasteiger partial charge in [0.15, 0.2) is 0 Å². The van der Waals surface area contributed by atoms with Gasteiger partial charge in [-0.2, -0.15) is 9.57 Å². The van der Waals surface area contributed by atoms with E-state index in [1.165, 1.54) is 23.5 Å². The lowest BCUT2D eigenvalue weighted by Crippen LogP contribution is -2.41. The van der Waals surface area contributed by atoms with Crippen molar-refractivity contribution in [2.75, 3.05) is 20.2 Å². The average molecular weight is 477 g/mol. The minimum atomic E-state index is -3.62. The minimum absolute atomic E-state index is 0.205. The summed E-state index contributed by atoms with van der Waals surface area (Å²) >= 11 is 0. The Balaban J connectivity index is 1.34. The van der Waals surface area contributed by atoms with Crippen LogP contribution >= 0.6 is 0 Å². The number of benzene rings is 3. The maximum Gasteiger partial charge on any atom is 0.314 e. The van der Waals surface area contributed by atoms with Gasteiger partial charge < -0.3 is 9.47 Å². The first-order valence-corrected chi connectivity index (χ1v) is 12.3. The van der Waals surface area contributed by atoms with Gasteiger partial charge in [-0.25, -0.2) is 8.42 Å². The third-order valence-corrected chi connectivity index (χ3v) is 7.82. The molecule has 7 nitrogen and oxygen atoms in total. The molecule has 0 radical (unpaired) electrons. The monoisotopic (exact) mass is 476 g/mol. The van der Waals surface area contributed by atoms with E-state index in [-0.39, 0.29) is 29.9 Å². The second kappa shape index (κ2) is 10.1. The molecule has 0 bridgehead atoms. The highest BCUT2D eigenvalue weighted by Gasteiger charge is 2.33. The van der Waals surface area contributed by atoms with E-state index in [0.717, 1.165) is 11.1 Å². The molecule has 1 saturated heterocycles. The number of nitriles is 1. The average Bonchev–Trinajstić information content (AvgIpc) is 2.89. The molecule has 1 heterocycles. The van der Waals surface area contributed by atoms with Crippen LogP contribution in [0.5, 0.6) is 11.5 Å². The number of esters is 1. The summed E-state index contributed by atoms with van der Waals surface area (Å²) in [4.78, 5) is 12.9. The fraction of sp³-hybridized carbons (Fsp3) is 0.231. The number of hydrogen-bond acceptors (Lipinski definition) is 6. The molecule has 34 heavy (non-hydrogen) atoms. The minimum Gasteiger partial charge on any atom is -0.497 e. The molecule has 0 saturated carbocycles. The van der Waals surface area contributed by atoms with Gasteiger partial charge in [0, 0.05) is 13.1 Å². The van der Waals surface area contributed by atoms with Crippen molar-refractivity contribution in [2.24, 2.45) is 5.92 Å². The number of nitrogens with zero attached hydrogens (tertiary/aromatic N) is 2. The fourth-order valence-electron chi connectivity index (χ4n) is 3.88. The smallest absolute Gasteiger partial charge is 0.314 e. The number of methoxy groups -OCH3 is 1. The number of hydrogen-bond donors (Lipinski definition) is 0. The summed E-state index contributed by atoms with van der Waals surface area (Å²) in [6, 6.07) is 22.8. The highest BCUT2D eigenvalue weighted by Crippen LogP contribution is 2.27. The Morgan fingerprint density at radius 2 is 1.41 bits per heavy atom. The van der Waals surface area contributed by atoms with Crippen molar-refractivity contribution in [3.8, 4) is 28.7 Å². The van der Waals surface area contributed by atoms with Crippen molar-refractivity contribution < 1.29 is 22.7 Å². The Morgan fingerprint density at radius 3 is 1.94 bits per heavy atom. The van der Waals surface area contributed by atoms with Crippen LogP contribution in [0.15, 0.2) is 77.7 Å². The number of rotatable bonds is 6. The van der Waals surface area contributed by atoms with Gasteiger partial charge in [-0.3, -0.25) is 4.79 Å². The lowest BCUT2D eigenvalue weighted by Gasteiger charge is -2.30. The molecule has 8 heteroatoms. The highest BCUT2D eigenvalue weighted by atomic mass is 32.2. The molecule has 1 fully saturated rings. The van der Waals surface area contributed by atoms with E-state index < -0.39 is 10.0 Å². The molecular formula is C26H24N2O5S. The van der Waals surface area contributed by atoms with Crippen LogP contribution in [0, 0.1) is 17.2 Å². The lowest BCUT2D eigenvalue weighted by atomic mass is 9.98. The molecular weight excluding hydrogens is 452 g/mol. The Morgan fingerprint density at radius 1 is 0.882 bits per heavy atom. The fourth-order valence-corrected chi connectivity index (χ4v) is 5.35. The van der Waals surface area contributed by atoms with Gasteiger partial charge in [0.1, 0.15) is 11.5 Å². The molecule has 0 aliphatic carbocycles. The third-order valence-electron chi connectivity index (χ3n) is 5.90. The van der Waals surface area contributed by atoms with E-state index in [4.69, 9.17) is 14.7 Å². The summed E-state index contributed by atoms with van der Waals surface area (Å²) in [6.45, 7) is 0.511. The summed E-state index contributed by atoms with van der Waals surface area (Å²) in [7, 11) is -2.10. The largest absolute Gasteiger partial charge is 0.497 e. The first kappa shape index (κ1) is 23.5. The van der Waals surface area contributed by atoms with Gasteiger partial charge in [-0.1, -0.05) is 24.3 Å². The van der Waals surface area contributed by atoms with E-state index in [1.54, 1.807) is 36.4 Å². The standard InChI is InChI=1S/C26H24N2O5S/c1-32-23-10-12-25(13-11-23)34(30,31)28-16-14-22(15-17-28)26(29)33-24-8-6-21(7-9-24)20-4-2-19(18-27)3-5-20/h2-13,22H,14-17H2,1H3. The Kier molecular flexibility index (Phi) is 6.96. The number of carbonyl (C=O) groups excluding carboxylic acids is 1. The maximum absolute atomic E-state index is 12.9. The summed E-state index contributed by atoms with van der Waals surface area (Å²) < 4.78 is 37.8. The molecule has 0 amide bonds. The molecule has 0 atom stereocenters. The number of sulfonamides is 1. The Hall–Kier alpha value is -3.67. The number of carbonyl (C=O) groups is 1. The molecule has 0 N–H and O–H groups in total. The SMILES string of the molecule is COc1ccc(S(=O)(=O)N2CCC(C(=O)Oc3ccc(-c4ccc(C#N)cc4)cc3)CC2)cc1. The van der Waals surface area contributed by atoms with Gasteiger partial charge in [-0.15, -0.1) is 0 Å². The zero-order valence-electron chi connectivity index (χ0n) is 18.7. The number of ether oxygens (including phenoxy) is 2.